The van der Waals surface area contributed by atoms with Crippen LogP contribution in [0.15, 0.2) is 22.7 Å². The third-order valence-corrected chi connectivity index (χ3v) is 3.19. The van der Waals surface area contributed by atoms with Gasteiger partial charge in [-0.3, -0.25) is 0 Å². The Morgan fingerprint density at radius 2 is 2.24 bits per heavy atom. The number of rotatable bonds is 1. The Labute approximate surface area is 109 Å². The van der Waals surface area contributed by atoms with E-state index in [2.05, 4.69) is 26.0 Å². The molecule has 92 valence electrons. The van der Waals surface area contributed by atoms with E-state index in [1.54, 1.807) is 6.07 Å². The molecule has 0 bridgehead atoms. The van der Waals surface area contributed by atoms with Gasteiger partial charge in [0.1, 0.15) is 6.04 Å². The molecule has 1 aliphatic rings. The molecule has 1 saturated heterocycles. The van der Waals surface area contributed by atoms with Gasteiger partial charge in [0.15, 0.2) is 6.61 Å². The summed E-state index contributed by atoms with van der Waals surface area (Å²) in [6, 6.07) is 3.09. The molecular formula is C10H7BrClF2NO2. The Morgan fingerprint density at radius 1 is 1.53 bits per heavy atom. The second-order valence-electron chi connectivity index (χ2n) is 3.58. The molecule has 0 saturated carbocycles. The van der Waals surface area contributed by atoms with Gasteiger partial charge >= 0.3 is 12.0 Å². The van der Waals surface area contributed by atoms with Crippen LogP contribution in [-0.2, 0) is 4.74 Å². The lowest BCUT2D eigenvalue weighted by Crippen LogP contribution is -2.49. The third kappa shape index (κ3) is 2.52. The number of amides is 1. The second-order valence-corrected chi connectivity index (χ2v) is 4.90. The number of nitrogens with one attached hydrogen (secondary N) is 1. The number of cyclic esters (lactones) is 1. The Hall–Kier alpha value is -0.880. The highest BCUT2D eigenvalue weighted by atomic mass is 79.9. The van der Waals surface area contributed by atoms with Crippen molar-refractivity contribution in [2.45, 2.75) is 12.0 Å². The zero-order valence-electron chi connectivity index (χ0n) is 8.34. The molecule has 0 unspecified atom stereocenters. The van der Waals surface area contributed by atoms with Crippen LogP contribution < -0.4 is 5.32 Å². The van der Waals surface area contributed by atoms with Crippen molar-refractivity contribution >= 4 is 33.6 Å². The van der Waals surface area contributed by atoms with Gasteiger partial charge in [-0.1, -0.05) is 27.5 Å². The van der Waals surface area contributed by atoms with Gasteiger partial charge in [-0.2, -0.15) is 0 Å². The van der Waals surface area contributed by atoms with E-state index in [4.69, 9.17) is 11.6 Å². The number of hydrogen-bond acceptors (Lipinski definition) is 2. The van der Waals surface area contributed by atoms with Crippen LogP contribution in [0.2, 0.25) is 5.02 Å². The zero-order chi connectivity index (χ0) is 12.6. The summed E-state index contributed by atoms with van der Waals surface area (Å²) >= 11 is 9.03. The average molecular weight is 327 g/mol. The molecule has 1 fully saturated rings. The molecule has 3 nitrogen and oxygen atoms in total. The molecule has 1 N–H and O–H groups in total. The maximum atomic E-state index is 13.6. The van der Waals surface area contributed by atoms with Gasteiger partial charge in [-0.15, -0.1) is 0 Å². The number of carbonyl (C=O) groups excluding carboxylic acids is 1. The monoisotopic (exact) mass is 325 g/mol. The van der Waals surface area contributed by atoms with Crippen molar-refractivity contribution < 1.29 is 18.3 Å². The van der Waals surface area contributed by atoms with Crippen LogP contribution in [0.5, 0.6) is 0 Å². The van der Waals surface area contributed by atoms with Crippen molar-refractivity contribution in [1.82, 2.24) is 5.32 Å². The van der Waals surface area contributed by atoms with E-state index in [0.717, 1.165) is 0 Å². The summed E-state index contributed by atoms with van der Waals surface area (Å²) in [6.07, 6.45) is -0.878. The van der Waals surface area contributed by atoms with E-state index < -0.39 is 24.7 Å². The predicted molar refractivity (Wildman–Crippen MR) is 61.3 cm³/mol. The maximum Gasteiger partial charge on any atom is 0.408 e. The second kappa shape index (κ2) is 4.42. The number of carbonyl (C=O) groups is 1. The first-order chi connectivity index (χ1) is 7.90. The van der Waals surface area contributed by atoms with Gasteiger partial charge in [0, 0.05) is 15.1 Å². The van der Waals surface area contributed by atoms with Gasteiger partial charge in [0.25, 0.3) is 0 Å². The highest BCUT2D eigenvalue weighted by Gasteiger charge is 2.47. The standard InChI is InChI=1S/C10H7BrClF2NO2/c11-5-1-2-7(12)6(3-5)8-10(13,14)4-17-9(16)15-8/h1-3,8H,4H2,(H,15,16)/t8-/m1/s1. The molecule has 0 aliphatic carbocycles. The Morgan fingerprint density at radius 3 is 2.94 bits per heavy atom. The summed E-state index contributed by atoms with van der Waals surface area (Å²) in [4.78, 5) is 11.0. The summed E-state index contributed by atoms with van der Waals surface area (Å²) in [7, 11) is 0. The minimum absolute atomic E-state index is 0.155. The summed E-state index contributed by atoms with van der Waals surface area (Å²) in [6.45, 7) is -0.952. The molecule has 7 heteroatoms. The molecule has 1 amide bonds. The first kappa shape index (κ1) is 12.6. The number of halogens is 4. The normalized spacial score (nSPS) is 22.8. The quantitative estimate of drug-likeness (QED) is 0.857. The largest absolute Gasteiger partial charge is 0.443 e. The lowest BCUT2D eigenvalue weighted by atomic mass is 10.0. The highest BCUT2D eigenvalue weighted by Crippen LogP contribution is 2.38. The van der Waals surface area contributed by atoms with Crippen molar-refractivity contribution in [3.8, 4) is 0 Å². The molecule has 0 radical (unpaired) electrons. The minimum Gasteiger partial charge on any atom is -0.443 e. The number of alkyl halides is 2. The Kier molecular flexibility index (Phi) is 3.27. The van der Waals surface area contributed by atoms with Crippen LogP contribution >= 0.6 is 27.5 Å². The van der Waals surface area contributed by atoms with Crippen molar-refractivity contribution in [3.05, 3.63) is 33.3 Å². The predicted octanol–water partition coefficient (Wildman–Crippen LogP) is 3.52. The van der Waals surface area contributed by atoms with E-state index in [-0.39, 0.29) is 10.6 Å². The highest BCUT2D eigenvalue weighted by molar-refractivity contribution is 9.10. The lowest BCUT2D eigenvalue weighted by molar-refractivity contribution is -0.104. The molecular weight excluding hydrogens is 319 g/mol. The molecule has 0 aromatic heterocycles. The van der Waals surface area contributed by atoms with E-state index in [1.165, 1.54) is 12.1 Å². The maximum absolute atomic E-state index is 13.6. The summed E-state index contributed by atoms with van der Waals surface area (Å²) in [5.74, 6) is -3.20. The Bertz CT molecular complexity index is 470. The minimum atomic E-state index is -3.20. The van der Waals surface area contributed by atoms with Crippen molar-refractivity contribution in [2.75, 3.05) is 6.61 Å². The van der Waals surface area contributed by atoms with Crippen LogP contribution in [0, 0.1) is 0 Å². The van der Waals surface area contributed by atoms with Crippen molar-refractivity contribution in [2.24, 2.45) is 0 Å². The number of ether oxygens (including phenoxy) is 1. The molecule has 1 aromatic carbocycles. The summed E-state index contributed by atoms with van der Waals surface area (Å²) in [5, 5.41) is 2.24. The fourth-order valence-electron chi connectivity index (χ4n) is 1.55. The van der Waals surface area contributed by atoms with E-state index in [9.17, 15) is 13.6 Å². The smallest absolute Gasteiger partial charge is 0.408 e. The number of hydrogen-bond donors (Lipinski definition) is 1. The molecule has 0 spiro atoms. The van der Waals surface area contributed by atoms with Crippen molar-refractivity contribution in [3.63, 3.8) is 0 Å². The van der Waals surface area contributed by atoms with E-state index in [1.807, 2.05) is 0 Å². The van der Waals surface area contributed by atoms with Crippen LogP contribution in [0.4, 0.5) is 13.6 Å². The van der Waals surface area contributed by atoms with Gasteiger partial charge in [-0.05, 0) is 18.2 Å². The number of alkyl carbamates (subject to hydrolysis) is 1. The van der Waals surface area contributed by atoms with Crippen LogP contribution in [0.3, 0.4) is 0 Å². The molecule has 1 aliphatic heterocycles. The molecule has 1 atom stereocenters. The summed E-state index contributed by atoms with van der Waals surface area (Å²) in [5.41, 5.74) is 0.155. The topological polar surface area (TPSA) is 38.3 Å². The summed E-state index contributed by atoms with van der Waals surface area (Å²) < 4.78 is 32.1. The molecule has 2 rings (SSSR count). The first-order valence-corrected chi connectivity index (χ1v) is 5.83. The van der Waals surface area contributed by atoms with Crippen LogP contribution in [0.25, 0.3) is 0 Å². The van der Waals surface area contributed by atoms with Gasteiger partial charge in [-0.25, -0.2) is 13.6 Å². The van der Waals surface area contributed by atoms with Crippen LogP contribution in [-0.4, -0.2) is 18.6 Å². The molecule has 1 heterocycles. The average Bonchev–Trinajstić information content (AvgIpc) is 2.26. The molecule has 17 heavy (non-hydrogen) atoms. The Balaban J connectivity index is 2.42. The van der Waals surface area contributed by atoms with E-state index >= 15 is 0 Å². The SMILES string of the molecule is O=C1N[C@H](c2cc(Br)ccc2Cl)C(F)(F)CO1. The fourth-order valence-corrected chi connectivity index (χ4v) is 2.16. The van der Waals surface area contributed by atoms with Gasteiger partial charge in [0.05, 0.1) is 0 Å². The third-order valence-electron chi connectivity index (χ3n) is 2.35. The van der Waals surface area contributed by atoms with Crippen LogP contribution in [0.1, 0.15) is 11.6 Å². The van der Waals surface area contributed by atoms with Gasteiger partial charge < -0.3 is 10.1 Å². The zero-order valence-corrected chi connectivity index (χ0v) is 10.7. The van der Waals surface area contributed by atoms with Gasteiger partial charge in [0.2, 0.25) is 0 Å². The lowest BCUT2D eigenvalue weighted by Gasteiger charge is -2.32. The first-order valence-electron chi connectivity index (χ1n) is 4.66. The van der Waals surface area contributed by atoms with E-state index in [0.29, 0.717) is 4.47 Å². The molecule has 1 aromatic rings. The fraction of sp³-hybridized carbons (Fsp3) is 0.300. The van der Waals surface area contributed by atoms with Crippen molar-refractivity contribution in [1.29, 1.82) is 0 Å². The number of benzene rings is 1.